The van der Waals surface area contributed by atoms with Gasteiger partial charge >= 0.3 is 0 Å². The number of hydrazine groups is 1. The van der Waals surface area contributed by atoms with Gasteiger partial charge in [0.15, 0.2) is 0 Å². The Kier molecular flexibility index (Phi) is 5.93. The van der Waals surface area contributed by atoms with E-state index in [1.807, 2.05) is 60.7 Å². The van der Waals surface area contributed by atoms with Crippen molar-refractivity contribution in [3.63, 3.8) is 0 Å². The van der Waals surface area contributed by atoms with E-state index in [0.29, 0.717) is 0 Å². The van der Waals surface area contributed by atoms with Gasteiger partial charge in [-0.3, -0.25) is 10.9 Å². The molecule has 0 spiro atoms. The number of anilines is 4. The molecule has 2 aromatic carbocycles. The van der Waals surface area contributed by atoms with E-state index >= 15 is 0 Å². The molecule has 0 aliphatic rings. The quantitative estimate of drug-likeness (QED) is 0.411. The monoisotopic (exact) mass is 294 g/mol. The second kappa shape index (κ2) is 8.42. The molecule has 0 radical (unpaired) electrons. The van der Waals surface area contributed by atoms with Gasteiger partial charge in [0.2, 0.25) is 0 Å². The van der Waals surface area contributed by atoms with E-state index in [4.69, 9.17) is 0 Å². The Morgan fingerprint density at radius 2 is 1.00 bits per heavy atom. The number of nitrogens with one attached hydrogen (secondary N) is 4. The molecule has 0 amide bonds. The van der Waals surface area contributed by atoms with Gasteiger partial charge in [0.05, 0.1) is 22.7 Å². The third-order valence-corrected chi connectivity index (χ3v) is 3.06. The number of hydrogen-bond acceptors (Lipinski definition) is 4. The molecule has 4 nitrogen and oxygen atoms in total. The first-order valence-corrected chi connectivity index (χ1v) is 7.24. The molecule has 0 fully saturated rings. The van der Waals surface area contributed by atoms with Crippen molar-refractivity contribution in [3.8, 4) is 0 Å². The zero-order valence-corrected chi connectivity index (χ0v) is 12.6. The zero-order chi connectivity index (χ0) is 15.6. The van der Waals surface area contributed by atoms with E-state index in [9.17, 15) is 0 Å². The van der Waals surface area contributed by atoms with Crippen LogP contribution in [0.5, 0.6) is 0 Å². The summed E-state index contributed by atoms with van der Waals surface area (Å²) in [6, 6.07) is 16.0. The van der Waals surface area contributed by atoms with Crippen LogP contribution >= 0.6 is 0 Å². The Bertz CT molecular complexity index is 566. The van der Waals surface area contributed by atoms with Gasteiger partial charge < -0.3 is 10.6 Å². The molecule has 22 heavy (non-hydrogen) atoms. The lowest BCUT2D eigenvalue weighted by Gasteiger charge is -2.17. The van der Waals surface area contributed by atoms with Gasteiger partial charge in [-0.05, 0) is 24.3 Å². The van der Waals surface area contributed by atoms with Crippen LogP contribution in [-0.2, 0) is 0 Å². The highest BCUT2D eigenvalue weighted by Gasteiger charge is 2.02. The summed E-state index contributed by atoms with van der Waals surface area (Å²) in [5, 5.41) is 6.60. The highest BCUT2D eigenvalue weighted by molar-refractivity contribution is 5.74. The largest absolute Gasteiger partial charge is 0.380 e. The molecule has 114 valence electrons. The maximum Gasteiger partial charge on any atom is 0.0771 e. The number of benzene rings is 2. The summed E-state index contributed by atoms with van der Waals surface area (Å²) in [4.78, 5) is 0. The molecule has 0 aliphatic carbocycles. The minimum Gasteiger partial charge on any atom is -0.380 e. The Balaban J connectivity index is 2.07. The molecule has 0 aromatic heterocycles. The van der Waals surface area contributed by atoms with Crippen molar-refractivity contribution in [1.29, 1.82) is 0 Å². The highest BCUT2D eigenvalue weighted by atomic mass is 15.4. The van der Waals surface area contributed by atoms with Gasteiger partial charge in [-0.2, -0.15) is 0 Å². The standard InChI is InChI=1S/C18H22N4/c1-3-13-19-15-9-5-7-11-17(15)21-22-18-12-8-6-10-16(18)20-14-4-2/h3-12,19-22H,1-2,13-14H2. The second-order valence-corrected chi connectivity index (χ2v) is 4.68. The lowest BCUT2D eigenvalue weighted by Crippen LogP contribution is -2.13. The molecule has 0 aliphatic heterocycles. The molecule has 4 N–H and O–H groups in total. The first kappa shape index (κ1) is 15.5. The third kappa shape index (κ3) is 4.31. The predicted octanol–water partition coefficient (Wildman–Crippen LogP) is 4.32. The van der Waals surface area contributed by atoms with Gasteiger partial charge in [-0.1, -0.05) is 36.4 Å². The molecule has 4 heteroatoms. The minimum atomic E-state index is 0.718. The molecule has 0 atom stereocenters. The zero-order valence-electron chi connectivity index (χ0n) is 12.6. The summed E-state index contributed by atoms with van der Waals surface area (Å²) >= 11 is 0. The van der Waals surface area contributed by atoms with E-state index in [1.54, 1.807) is 0 Å². The van der Waals surface area contributed by atoms with E-state index < -0.39 is 0 Å². The van der Waals surface area contributed by atoms with Crippen LogP contribution < -0.4 is 21.5 Å². The van der Waals surface area contributed by atoms with Crippen LogP contribution in [0.3, 0.4) is 0 Å². The fraction of sp³-hybridized carbons (Fsp3) is 0.111. The van der Waals surface area contributed by atoms with E-state index in [-0.39, 0.29) is 0 Å². The molecule has 2 rings (SSSR count). The molecule has 2 aromatic rings. The van der Waals surface area contributed by atoms with Crippen molar-refractivity contribution >= 4 is 22.7 Å². The number of hydrogen-bond donors (Lipinski definition) is 4. The van der Waals surface area contributed by atoms with Crippen molar-refractivity contribution in [2.24, 2.45) is 0 Å². The van der Waals surface area contributed by atoms with E-state index in [0.717, 1.165) is 35.8 Å². The lowest BCUT2D eigenvalue weighted by atomic mass is 10.2. The summed E-state index contributed by atoms with van der Waals surface area (Å²) in [6.45, 7) is 8.89. The smallest absolute Gasteiger partial charge is 0.0771 e. The molecule has 0 saturated carbocycles. The van der Waals surface area contributed by atoms with Gasteiger partial charge in [0, 0.05) is 13.1 Å². The molecular formula is C18H22N4. The van der Waals surface area contributed by atoms with E-state index in [2.05, 4.69) is 34.6 Å². The van der Waals surface area contributed by atoms with Crippen LogP contribution in [0.4, 0.5) is 22.7 Å². The van der Waals surface area contributed by atoms with Crippen LogP contribution in [0, 0.1) is 0 Å². The normalized spacial score (nSPS) is 9.64. The predicted molar refractivity (Wildman–Crippen MR) is 97.5 cm³/mol. The SMILES string of the molecule is C=CCNc1ccccc1NNc1ccccc1NCC=C. The van der Waals surface area contributed by atoms with Crippen molar-refractivity contribution in [1.82, 2.24) is 0 Å². The van der Waals surface area contributed by atoms with Crippen LogP contribution in [0.2, 0.25) is 0 Å². The summed E-state index contributed by atoms with van der Waals surface area (Å²) in [5.41, 5.74) is 10.5. The van der Waals surface area contributed by atoms with Gasteiger partial charge in [0.1, 0.15) is 0 Å². The van der Waals surface area contributed by atoms with Gasteiger partial charge in [-0.15, -0.1) is 13.2 Å². The molecule has 0 saturated heterocycles. The Morgan fingerprint density at radius 3 is 1.36 bits per heavy atom. The maximum absolute atomic E-state index is 3.72. The van der Waals surface area contributed by atoms with Crippen LogP contribution in [0.1, 0.15) is 0 Å². The molecule has 0 unspecified atom stereocenters. The summed E-state index contributed by atoms with van der Waals surface area (Å²) in [6.07, 6.45) is 3.66. The molecule has 0 heterocycles. The average Bonchev–Trinajstić information content (AvgIpc) is 2.57. The van der Waals surface area contributed by atoms with Crippen LogP contribution in [-0.4, -0.2) is 13.1 Å². The highest BCUT2D eigenvalue weighted by Crippen LogP contribution is 2.24. The van der Waals surface area contributed by atoms with Crippen molar-refractivity contribution in [2.75, 3.05) is 34.6 Å². The minimum absolute atomic E-state index is 0.718. The summed E-state index contributed by atoms with van der Waals surface area (Å²) in [7, 11) is 0. The molecular weight excluding hydrogens is 272 g/mol. The Hall–Kier alpha value is -2.88. The first-order valence-electron chi connectivity index (χ1n) is 7.24. The van der Waals surface area contributed by atoms with Gasteiger partial charge in [0.25, 0.3) is 0 Å². The number of para-hydroxylation sites is 4. The maximum atomic E-state index is 3.72. The van der Waals surface area contributed by atoms with Crippen molar-refractivity contribution in [3.05, 3.63) is 73.8 Å². The van der Waals surface area contributed by atoms with Crippen LogP contribution in [0.25, 0.3) is 0 Å². The Morgan fingerprint density at radius 1 is 0.636 bits per heavy atom. The van der Waals surface area contributed by atoms with Crippen molar-refractivity contribution in [2.45, 2.75) is 0 Å². The topological polar surface area (TPSA) is 48.1 Å². The second-order valence-electron chi connectivity index (χ2n) is 4.68. The summed E-state index contributed by atoms with van der Waals surface area (Å²) in [5.74, 6) is 0. The third-order valence-electron chi connectivity index (χ3n) is 3.06. The van der Waals surface area contributed by atoms with Crippen LogP contribution in [0.15, 0.2) is 73.8 Å². The fourth-order valence-corrected chi connectivity index (χ4v) is 1.99. The first-order chi connectivity index (χ1) is 10.8. The number of rotatable bonds is 9. The fourth-order valence-electron chi connectivity index (χ4n) is 1.99. The summed E-state index contributed by atoms with van der Waals surface area (Å²) < 4.78 is 0. The van der Waals surface area contributed by atoms with Gasteiger partial charge in [-0.25, -0.2) is 0 Å². The van der Waals surface area contributed by atoms with Crippen molar-refractivity contribution < 1.29 is 0 Å². The lowest BCUT2D eigenvalue weighted by molar-refractivity contribution is 1.30. The molecule has 0 bridgehead atoms. The average molecular weight is 294 g/mol. The van der Waals surface area contributed by atoms with E-state index in [1.165, 1.54) is 0 Å². The Labute approximate surface area is 131 Å².